The van der Waals surface area contributed by atoms with E-state index in [1.807, 2.05) is 30.3 Å². The van der Waals surface area contributed by atoms with E-state index < -0.39 is 6.04 Å². The first-order valence-electron chi connectivity index (χ1n) is 5.61. The first-order valence-corrected chi connectivity index (χ1v) is 5.61. The van der Waals surface area contributed by atoms with Crippen molar-refractivity contribution in [3.05, 3.63) is 35.9 Å². The Morgan fingerprint density at radius 3 is 2.76 bits per heavy atom. The van der Waals surface area contributed by atoms with Crippen LogP contribution in [-0.2, 0) is 9.53 Å². The molecule has 0 fully saturated rings. The van der Waals surface area contributed by atoms with E-state index in [1.165, 1.54) is 7.11 Å². The van der Waals surface area contributed by atoms with Crippen LogP contribution in [0.4, 0.5) is 0 Å². The molecule has 0 radical (unpaired) electrons. The van der Waals surface area contributed by atoms with Crippen molar-refractivity contribution in [2.24, 2.45) is 5.73 Å². The third kappa shape index (κ3) is 5.19. The molecule has 0 saturated heterocycles. The molecule has 0 saturated carbocycles. The van der Waals surface area contributed by atoms with E-state index in [-0.39, 0.29) is 5.97 Å². The van der Waals surface area contributed by atoms with Gasteiger partial charge >= 0.3 is 5.97 Å². The second kappa shape index (κ2) is 7.48. The van der Waals surface area contributed by atoms with Gasteiger partial charge in [0.15, 0.2) is 0 Å². The van der Waals surface area contributed by atoms with Gasteiger partial charge in [-0.1, -0.05) is 30.0 Å². The molecule has 1 rings (SSSR count). The number of carbonyl (C=O) groups is 1. The molecular formula is C14H17NO2. The maximum Gasteiger partial charge on any atom is 0.322 e. The first-order chi connectivity index (χ1) is 8.24. The van der Waals surface area contributed by atoms with Gasteiger partial charge in [-0.15, -0.1) is 0 Å². The van der Waals surface area contributed by atoms with Gasteiger partial charge in [0.05, 0.1) is 7.11 Å². The zero-order valence-corrected chi connectivity index (χ0v) is 9.98. The summed E-state index contributed by atoms with van der Waals surface area (Å²) < 4.78 is 4.54. The molecule has 0 unspecified atom stereocenters. The molecule has 17 heavy (non-hydrogen) atoms. The van der Waals surface area contributed by atoms with Crippen LogP contribution in [0.2, 0.25) is 0 Å². The zero-order chi connectivity index (χ0) is 12.5. The van der Waals surface area contributed by atoms with Crippen molar-refractivity contribution in [2.75, 3.05) is 7.11 Å². The van der Waals surface area contributed by atoms with Crippen LogP contribution in [0.5, 0.6) is 0 Å². The lowest BCUT2D eigenvalue weighted by molar-refractivity contribution is -0.142. The molecular weight excluding hydrogens is 214 g/mol. The Labute approximate surface area is 102 Å². The van der Waals surface area contributed by atoms with E-state index in [4.69, 9.17) is 5.73 Å². The quantitative estimate of drug-likeness (QED) is 0.487. The smallest absolute Gasteiger partial charge is 0.322 e. The SMILES string of the molecule is COC(=O)[C@@H](N)CCCC#Cc1ccccc1. The van der Waals surface area contributed by atoms with E-state index in [1.54, 1.807) is 0 Å². The van der Waals surface area contributed by atoms with Crippen molar-refractivity contribution < 1.29 is 9.53 Å². The number of unbranched alkanes of at least 4 members (excludes halogenated alkanes) is 1. The molecule has 0 aliphatic heterocycles. The number of methoxy groups -OCH3 is 1. The molecule has 0 amide bonds. The highest BCUT2D eigenvalue weighted by Gasteiger charge is 2.11. The topological polar surface area (TPSA) is 52.3 Å². The second-order valence-electron chi connectivity index (χ2n) is 3.69. The van der Waals surface area contributed by atoms with Crippen LogP contribution in [0.15, 0.2) is 30.3 Å². The number of carbonyl (C=O) groups excluding carboxylic acids is 1. The van der Waals surface area contributed by atoms with Crippen molar-refractivity contribution >= 4 is 5.97 Å². The van der Waals surface area contributed by atoms with Crippen molar-refractivity contribution in [3.63, 3.8) is 0 Å². The Morgan fingerprint density at radius 2 is 2.12 bits per heavy atom. The molecule has 0 aromatic heterocycles. The summed E-state index contributed by atoms with van der Waals surface area (Å²) in [5, 5.41) is 0. The molecule has 0 aliphatic rings. The normalized spacial score (nSPS) is 11.2. The van der Waals surface area contributed by atoms with Crippen LogP contribution in [0.25, 0.3) is 0 Å². The molecule has 90 valence electrons. The Bertz CT molecular complexity index is 403. The lowest BCUT2D eigenvalue weighted by atomic mass is 10.1. The van der Waals surface area contributed by atoms with Crippen molar-refractivity contribution in [3.8, 4) is 11.8 Å². The van der Waals surface area contributed by atoms with Crippen molar-refractivity contribution in [2.45, 2.75) is 25.3 Å². The van der Waals surface area contributed by atoms with Crippen molar-refractivity contribution in [1.29, 1.82) is 0 Å². The molecule has 0 spiro atoms. The number of hydrogen-bond acceptors (Lipinski definition) is 3. The van der Waals surface area contributed by atoms with Gasteiger partial charge in [0.2, 0.25) is 0 Å². The number of benzene rings is 1. The van der Waals surface area contributed by atoms with E-state index >= 15 is 0 Å². The summed E-state index contributed by atoms with van der Waals surface area (Å²) in [6.07, 6.45) is 2.14. The molecule has 3 heteroatoms. The predicted octanol–water partition coefficient (Wildman–Crippen LogP) is 1.71. The van der Waals surface area contributed by atoms with E-state index in [2.05, 4.69) is 16.6 Å². The highest BCUT2D eigenvalue weighted by Crippen LogP contribution is 2.00. The standard InChI is InChI=1S/C14H17NO2/c1-17-14(16)13(15)11-7-3-6-10-12-8-4-2-5-9-12/h2,4-5,8-9,13H,3,7,11,15H2,1H3/t13-/m0/s1. The molecule has 1 atom stereocenters. The maximum atomic E-state index is 11.0. The fourth-order valence-corrected chi connectivity index (χ4v) is 1.37. The minimum atomic E-state index is -0.529. The average molecular weight is 231 g/mol. The van der Waals surface area contributed by atoms with Crippen LogP contribution in [0.3, 0.4) is 0 Å². The van der Waals surface area contributed by atoms with E-state index in [0.717, 1.165) is 18.4 Å². The summed E-state index contributed by atoms with van der Waals surface area (Å²) in [7, 11) is 1.34. The van der Waals surface area contributed by atoms with E-state index in [9.17, 15) is 4.79 Å². The van der Waals surface area contributed by atoms with Crippen LogP contribution in [0, 0.1) is 11.8 Å². The number of nitrogens with two attached hydrogens (primary N) is 1. The maximum absolute atomic E-state index is 11.0. The minimum Gasteiger partial charge on any atom is -0.468 e. The Kier molecular flexibility index (Phi) is 5.84. The predicted molar refractivity (Wildman–Crippen MR) is 67.2 cm³/mol. The largest absolute Gasteiger partial charge is 0.468 e. The first kappa shape index (κ1) is 13.3. The number of ether oxygens (including phenoxy) is 1. The molecule has 0 aliphatic carbocycles. The van der Waals surface area contributed by atoms with Gasteiger partial charge in [-0.25, -0.2) is 0 Å². The summed E-state index contributed by atoms with van der Waals surface area (Å²) >= 11 is 0. The van der Waals surface area contributed by atoms with Gasteiger partial charge in [-0.3, -0.25) is 4.79 Å². The molecule has 2 N–H and O–H groups in total. The highest BCUT2D eigenvalue weighted by atomic mass is 16.5. The average Bonchev–Trinajstić information content (AvgIpc) is 2.38. The van der Waals surface area contributed by atoms with Gasteiger partial charge in [-0.2, -0.15) is 0 Å². The summed E-state index contributed by atoms with van der Waals surface area (Å²) in [6.45, 7) is 0. The third-order valence-corrected chi connectivity index (χ3v) is 2.33. The number of hydrogen-bond donors (Lipinski definition) is 1. The van der Waals surface area contributed by atoms with Gasteiger partial charge < -0.3 is 10.5 Å². The van der Waals surface area contributed by atoms with Crippen LogP contribution in [0.1, 0.15) is 24.8 Å². The summed E-state index contributed by atoms with van der Waals surface area (Å²) in [4.78, 5) is 11.0. The minimum absolute atomic E-state index is 0.360. The fourth-order valence-electron chi connectivity index (χ4n) is 1.37. The van der Waals surface area contributed by atoms with Crippen LogP contribution >= 0.6 is 0 Å². The Morgan fingerprint density at radius 1 is 1.41 bits per heavy atom. The summed E-state index contributed by atoms with van der Waals surface area (Å²) in [6, 6.07) is 9.27. The highest BCUT2D eigenvalue weighted by molar-refractivity contribution is 5.75. The van der Waals surface area contributed by atoms with Gasteiger partial charge in [-0.05, 0) is 25.0 Å². The number of rotatable bonds is 4. The Hall–Kier alpha value is -1.79. The van der Waals surface area contributed by atoms with E-state index in [0.29, 0.717) is 6.42 Å². The summed E-state index contributed by atoms with van der Waals surface area (Å²) in [5.74, 6) is 5.75. The summed E-state index contributed by atoms with van der Waals surface area (Å²) in [5.41, 5.74) is 6.60. The monoisotopic (exact) mass is 231 g/mol. The lowest BCUT2D eigenvalue weighted by Crippen LogP contribution is -2.31. The molecule has 3 nitrogen and oxygen atoms in total. The van der Waals surface area contributed by atoms with Gasteiger partial charge in [0.25, 0.3) is 0 Å². The van der Waals surface area contributed by atoms with Crippen LogP contribution in [-0.4, -0.2) is 19.1 Å². The molecule has 1 aromatic rings. The van der Waals surface area contributed by atoms with Gasteiger partial charge in [0.1, 0.15) is 6.04 Å². The molecule has 1 aromatic carbocycles. The third-order valence-electron chi connectivity index (χ3n) is 2.33. The fraction of sp³-hybridized carbons (Fsp3) is 0.357. The van der Waals surface area contributed by atoms with Crippen LogP contribution < -0.4 is 5.73 Å². The number of esters is 1. The second-order valence-corrected chi connectivity index (χ2v) is 3.69. The van der Waals surface area contributed by atoms with Gasteiger partial charge in [0, 0.05) is 12.0 Å². The van der Waals surface area contributed by atoms with Crippen molar-refractivity contribution in [1.82, 2.24) is 0 Å². The molecule has 0 heterocycles. The Balaban J connectivity index is 2.25. The lowest BCUT2D eigenvalue weighted by Gasteiger charge is -2.06. The zero-order valence-electron chi connectivity index (χ0n) is 9.98. The molecule has 0 bridgehead atoms.